The topological polar surface area (TPSA) is 55.2 Å². The van der Waals surface area contributed by atoms with Crippen LogP contribution in [0.25, 0.3) is 0 Å². The van der Waals surface area contributed by atoms with Gasteiger partial charge in [0.05, 0.1) is 32.3 Å². The Balaban J connectivity index is 1.58. The summed E-state index contributed by atoms with van der Waals surface area (Å²) < 4.78 is 16.7. The Morgan fingerprint density at radius 3 is 2.72 bits per heavy atom. The van der Waals surface area contributed by atoms with E-state index in [1.807, 2.05) is 49.3 Å². The van der Waals surface area contributed by atoms with Crippen molar-refractivity contribution in [2.75, 3.05) is 46.4 Å². The van der Waals surface area contributed by atoms with E-state index < -0.39 is 0 Å². The normalized spacial score (nSPS) is 16.7. The lowest BCUT2D eigenvalue weighted by molar-refractivity contribution is -0.127. The first kappa shape index (κ1) is 21.9. The SMILES string of the molecule is COc1ccc(OC)c(C2SCC(=O)N2CCSCc2ccc(CN(C)C)o2)c1. The molecule has 6 nitrogen and oxygen atoms in total. The van der Waals surface area contributed by atoms with Gasteiger partial charge in [-0.1, -0.05) is 0 Å². The number of carbonyl (C=O) groups excluding carboxylic acids is 1. The molecule has 1 aromatic carbocycles. The van der Waals surface area contributed by atoms with Gasteiger partial charge in [-0.3, -0.25) is 4.79 Å². The highest BCUT2D eigenvalue weighted by Crippen LogP contribution is 2.43. The second kappa shape index (κ2) is 10.3. The molecule has 1 fully saturated rings. The van der Waals surface area contributed by atoms with E-state index in [-0.39, 0.29) is 11.3 Å². The van der Waals surface area contributed by atoms with Crippen LogP contribution in [0, 0.1) is 0 Å². The van der Waals surface area contributed by atoms with Crippen LogP contribution >= 0.6 is 23.5 Å². The quantitative estimate of drug-likeness (QED) is 0.524. The molecule has 0 N–H and O–H groups in total. The van der Waals surface area contributed by atoms with Crippen LogP contribution in [0.2, 0.25) is 0 Å². The summed E-state index contributed by atoms with van der Waals surface area (Å²) in [6, 6.07) is 9.79. The summed E-state index contributed by atoms with van der Waals surface area (Å²) in [5, 5.41) is -0.0524. The van der Waals surface area contributed by atoms with Crippen LogP contribution in [0.3, 0.4) is 0 Å². The predicted octanol–water partition coefficient (Wildman–Crippen LogP) is 3.87. The van der Waals surface area contributed by atoms with Gasteiger partial charge < -0.3 is 23.7 Å². The van der Waals surface area contributed by atoms with Gasteiger partial charge in [-0.15, -0.1) is 11.8 Å². The molecule has 8 heteroatoms. The van der Waals surface area contributed by atoms with Gasteiger partial charge in [0.1, 0.15) is 28.4 Å². The van der Waals surface area contributed by atoms with Gasteiger partial charge in [-0.25, -0.2) is 0 Å². The standard InChI is InChI=1S/C21H28N2O4S2/c1-22(2)12-16-5-6-17(27-16)13-28-10-9-23-20(24)14-29-21(23)18-11-15(25-3)7-8-19(18)26-4/h5-8,11,21H,9-10,12-14H2,1-4H3. The number of rotatable bonds is 10. The van der Waals surface area contributed by atoms with Gasteiger partial charge in [0.2, 0.25) is 5.91 Å². The fourth-order valence-electron chi connectivity index (χ4n) is 3.22. The predicted molar refractivity (Wildman–Crippen MR) is 119 cm³/mol. The van der Waals surface area contributed by atoms with Gasteiger partial charge in [0, 0.05) is 17.9 Å². The number of furan rings is 1. The Labute approximate surface area is 180 Å². The molecule has 0 radical (unpaired) electrons. The van der Waals surface area contributed by atoms with Gasteiger partial charge in [0.15, 0.2) is 0 Å². The fourth-order valence-corrected chi connectivity index (χ4v) is 5.28. The second-order valence-corrected chi connectivity index (χ2v) is 9.19. The lowest BCUT2D eigenvalue weighted by Crippen LogP contribution is -2.30. The first-order chi connectivity index (χ1) is 14.0. The summed E-state index contributed by atoms with van der Waals surface area (Å²) in [6.45, 7) is 1.49. The van der Waals surface area contributed by atoms with Crippen molar-refractivity contribution < 1.29 is 18.7 Å². The van der Waals surface area contributed by atoms with Gasteiger partial charge in [-0.2, -0.15) is 11.8 Å². The molecule has 1 saturated heterocycles. The molecule has 1 unspecified atom stereocenters. The minimum absolute atomic E-state index is 0.0524. The minimum Gasteiger partial charge on any atom is -0.497 e. The van der Waals surface area contributed by atoms with E-state index in [1.165, 1.54) is 0 Å². The average molecular weight is 437 g/mol. The molecular weight excluding hydrogens is 408 g/mol. The monoisotopic (exact) mass is 436 g/mol. The molecule has 1 aliphatic heterocycles. The third-order valence-corrected chi connectivity index (χ3v) is 6.78. The third kappa shape index (κ3) is 5.65. The van der Waals surface area contributed by atoms with E-state index in [9.17, 15) is 4.79 Å². The number of hydrogen-bond donors (Lipinski definition) is 0. The lowest BCUT2D eigenvalue weighted by Gasteiger charge is -2.25. The molecule has 0 bridgehead atoms. The van der Waals surface area contributed by atoms with Crippen LogP contribution in [0.5, 0.6) is 11.5 Å². The number of carbonyl (C=O) groups is 1. The molecule has 0 aliphatic carbocycles. The smallest absolute Gasteiger partial charge is 0.233 e. The summed E-state index contributed by atoms with van der Waals surface area (Å²) in [5.41, 5.74) is 0.979. The Kier molecular flexibility index (Phi) is 7.80. The van der Waals surface area contributed by atoms with Crippen molar-refractivity contribution in [3.8, 4) is 11.5 Å². The Morgan fingerprint density at radius 2 is 2.00 bits per heavy atom. The zero-order valence-electron chi connectivity index (χ0n) is 17.3. The van der Waals surface area contributed by atoms with Gasteiger partial charge in [0.25, 0.3) is 0 Å². The van der Waals surface area contributed by atoms with Crippen molar-refractivity contribution >= 4 is 29.4 Å². The zero-order valence-corrected chi connectivity index (χ0v) is 19.0. The van der Waals surface area contributed by atoms with Crippen molar-refractivity contribution in [2.45, 2.75) is 17.7 Å². The molecule has 1 atom stereocenters. The summed E-state index contributed by atoms with van der Waals surface area (Å²) >= 11 is 3.41. The van der Waals surface area contributed by atoms with Crippen LogP contribution in [-0.2, 0) is 17.1 Å². The highest BCUT2D eigenvalue weighted by Gasteiger charge is 2.34. The van der Waals surface area contributed by atoms with E-state index >= 15 is 0 Å². The lowest BCUT2D eigenvalue weighted by atomic mass is 10.1. The number of methoxy groups -OCH3 is 2. The van der Waals surface area contributed by atoms with Crippen LogP contribution in [0.15, 0.2) is 34.7 Å². The maximum absolute atomic E-state index is 12.5. The summed E-state index contributed by atoms with van der Waals surface area (Å²) in [6.07, 6.45) is 0. The Hall–Kier alpha value is -1.77. The molecule has 1 aromatic heterocycles. The molecule has 3 rings (SSSR count). The molecule has 158 valence electrons. The Morgan fingerprint density at radius 1 is 1.21 bits per heavy atom. The molecule has 0 saturated carbocycles. The van der Waals surface area contributed by atoms with Gasteiger partial charge >= 0.3 is 0 Å². The highest BCUT2D eigenvalue weighted by atomic mass is 32.2. The summed E-state index contributed by atoms with van der Waals surface area (Å²) in [4.78, 5) is 16.5. The number of hydrogen-bond acceptors (Lipinski definition) is 7. The molecule has 2 aromatic rings. The molecule has 29 heavy (non-hydrogen) atoms. The largest absolute Gasteiger partial charge is 0.497 e. The minimum atomic E-state index is -0.0524. The van der Waals surface area contributed by atoms with Crippen LogP contribution in [-0.4, -0.2) is 62.1 Å². The van der Waals surface area contributed by atoms with Crippen molar-refractivity contribution in [2.24, 2.45) is 0 Å². The third-order valence-electron chi connectivity index (χ3n) is 4.58. The first-order valence-electron chi connectivity index (χ1n) is 9.45. The van der Waals surface area contributed by atoms with E-state index in [2.05, 4.69) is 4.90 Å². The maximum Gasteiger partial charge on any atom is 0.233 e. The number of thioether (sulfide) groups is 2. The summed E-state index contributed by atoms with van der Waals surface area (Å²) in [5.74, 6) is 5.79. The molecule has 1 amide bonds. The fraction of sp³-hybridized carbons (Fsp3) is 0.476. The van der Waals surface area contributed by atoms with Crippen molar-refractivity contribution in [3.05, 3.63) is 47.4 Å². The molecule has 1 aliphatic rings. The molecule has 0 spiro atoms. The number of benzene rings is 1. The number of amides is 1. The first-order valence-corrected chi connectivity index (χ1v) is 11.6. The number of ether oxygens (including phenoxy) is 2. The maximum atomic E-state index is 12.5. The molecule has 2 heterocycles. The van der Waals surface area contributed by atoms with Crippen LogP contribution in [0.4, 0.5) is 0 Å². The zero-order chi connectivity index (χ0) is 20.8. The van der Waals surface area contributed by atoms with Crippen molar-refractivity contribution in [1.82, 2.24) is 9.80 Å². The Bertz CT molecular complexity index is 825. The van der Waals surface area contributed by atoms with E-state index in [4.69, 9.17) is 13.9 Å². The highest BCUT2D eigenvalue weighted by molar-refractivity contribution is 8.00. The summed E-state index contributed by atoms with van der Waals surface area (Å²) in [7, 11) is 7.35. The van der Waals surface area contributed by atoms with Crippen LogP contribution in [0.1, 0.15) is 22.5 Å². The average Bonchev–Trinajstić information content (AvgIpc) is 3.30. The second-order valence-electron chi connectivity index (χ2n) is 7.02. The number of nitrogens with zero attached hydrogens (tertiary/aromatic N) is 2. The van der Waals surface area contributed by atoms with E-state index in [0.29, 0.717) is 12.3 Å². The van der Waals surface area contributed by atoms with E-state index in [1.54, 1.807) is 37.7 Å². The van der Waals surface area contributed by atoms with Crippen molar-refractivity contribution in [1.29, 1.82) is 0 Å². The van der Waals surface area contributed by atoms with E-state index in [0.717, 1.165) is 46.6 Å². The van der Waals surface area contributed by atoms with Crippen LogP contribution < -0.4 is 9.47 Å². The molecular formula is C21H28N2O4S2. The van der Waals surface area contributed by atoms with Gasteiger partial charge in [-0.05, 0) is 44.4 Å². The van der Waals surface area contributed by atoms with Crippen molar-refractivity contribution in [3.63, 3.8) is 0 Å².